The van der Waals surface area contributed by atoms with Crippen LogP contribution in [0.4, 0.5) is 0 Å². The van der Waals surface area contributed by atoms with E-state index in [9.17, 15) is 14.4 Å². The molecule has 1 atom stereocenters. The SMILES string of the molecule is O=C(c1cccs1)N1CCc2nc([C@@H]3CCCN(C(=O)C4CCCC4)C3)[nH]c(=O)c2C1. The fraction of sp³-hybridized carbons (Fsp3) is 0.565. The van der Waals surface area contributed by atoms with Crippen LogP contribution in [0.15, 0.2) is 22.3 Å². The van der Waals surface area contributed by atoms with Gasteiger partial charge in [-0.15, -0.1) is 11.3 Å². The summed E-state index contributed by atoms with van der Waals surface area (Å²) in [7, 11) is 0. The number of rotatable bonds is 3. The summed E-state index contributed by atoms with van der Waals surface area (Å²) in [5, 5.41) is 1.89. The minimum Gasteiger partial charge on any atom is -0.342 e. The summed E-state index contributed by atoms with van der Waals surface area (Å²) >= 11 is 1.42. The Morgan fingerprint density at radius 1 is 1.10 bits per heavy atom. The number of carbonyl (C=O) groups excluding carboxylic acids is 2. The fourth-order valence-electron chi connectivity index (χ4n) is 5.20. The first kappa shape index (κ1) is 20.4. The molecular formula is C23H28N4O3S. The van der Waals surface area contributed by atoms with Crippen LogP contribution in [0.2, 0.25) is 0 Å². The van der Waals surface area contributed by atoms with Crippen molar-refractivity contribution in [1.82, 2.24) is 19.8 Å². The number of hydrogen-bond acceptors (Lipinski definition) is 5. The van der Waals surface area contributed by atoms with Crippen LogP contribution in [0.25, 0.3) is 0 Å². The molecule has 2 aliphatic heterocycles. The maximum atomic E-state index is 12.9. The van der Waals surface area contributed by atoms with E-state index in [1.54, 1.807) is 4.90 Å². The first-order valence-electron chi connectivity index (χ1n) is 11.3. The van der Waals surface area contributed by atoms with E-state index >= 15 is 0 Å². The Morgan fingerprint density at radius 3 is 2.71 bits per heavy atom. The number of carbonyl (C=O) groups is 2. The molecule has 31 heavy (non-hydrogen) atoms. The molecule has 164 valence electrons. The Hall–Kier alpha value is -2.48. The van der Waals surface area contributed by atoms with Crippen molar-refractivity contribution in [1.29, 1.82) is 0 Å². The van der Waals surface area contributed by atoms with E-state index in [1.807, 2.05) is 22.4 Å². The third-order valence-electron chi connectivity index (χ3n) is 6.93. The standard InChI is InChI=1S/C23H28N4O3S/c28-21-17-14-27(23(30)19-8-4-12-31-19)11-9-18(17)24-20(25-21)16-7-3-10-26(13-16)22(29)15-5-1-2-6-15/h4,8,12,15-16H,1-3,5-7,9-11,13-14H2,(H,24,25,28)/t16-/m1/s1. The summed E-state index contributed by atoms with van der Waals surface area (Å²) < 4.78 is 0. The topological polar surface area (TPSA) is 86.4 Å². The Kier molecular flexibility index (Phi) is 5.65. The monoisotopic (exact) mass is 440 g/mol. The lowest BCUT2D eigenvalue weighted by molar-refractivity contribution is -0.136. The van der Waals surface area contributed by atoms with Gasteiger partial charge in [0.05, 0.1) is 22.7 Å². The van der Waals surface area contributed by atoms with Gasteiger partial charge in [0.1, 0.15) is 5.82 Å². The molecule has 2 amide bonds. The zero-order chi connectivity index (χ0) is 21.4. The molecule has 1 aliphatic carbocycles. The summed E-state index contributed by atoms with van der Waals surface area (Å²) in [5.41, 5.74) is 1.24. The van der Waals surface area contributed by atoms with Crippen molar-refractivity contribution >= 4 is 23.2 Å². The third-order valence-corrected chi connectivity index (χ3v) is 7.79. The van der Waals surface area contributed by atoms with E-state index in [1.165, 1.54) is 11.3 Å². The van der Waals surface area contributed by atoms with E-state index in [-0.39, 0.29) is 29.2 Å². The molecule has 8 heteroatoms. The number of nitrogens with zero attached hydrogens (tertiary/aromatic N) is 3. The van der Waals surface area contributed by atoms with Gasteiger partial charge in [0.15, 0.2) is 0 Å². The number of fused-ring (bicyclic) bond motifs is 1. The van der Waals surface area contributed by atoms with Gasteiger partial charge in [0, 0.05) is 37.9 Å². The van der Waals surface area contributed by atoms with E-state index in [0.717, 1.165) is 50.8 Å². The number of aromatic nitrogens is 2. The molecule has 0 radical (unpaired) electrons. The summed E-state index contributed by atoms with van der Waals surface area (Å²) in [5.74, 6) is 1.21. The van der Waals surface area contributed by atoms with Crippen LogP contribution in [0.3, 0.4) is 0 Å². The summed E-state index contributed by atoms with van der Waals surface area (Å²) in [6.07, 6.45) is 6.77. The maximum absolute atomic E-state index is 12.9. The third kappa shape index (κ3) is 4.05. The van der Waals surface area contributed by atoms with Crippen molar-refractivity contribution in [3.8, 4) is 0 Å². The lowest BCUT2D eigenvalue weighted by Gasteiger charge is -2.34. The smallest absolute Gasteiger partial charge is 0.264 e. The van der Waals surface area contributed by atoms with Crippen LogP contribution in [-0.4, -0.2) is 51.2 Å². The molecular weight excluding hydrogens is 412 g/mol. The minimum absolute atomic E-state index is 0.0301. The van der Waals surface area contributed by atoms with Gasteiger partial charge < -0.3 is 14.8 Å². The Balaban J connectivity index is 1.32. The molecule has 0 aromatic carbocycles. The van der Waals surface area contributed by atoms with E-state index < -0.39 is 0 Å². The molecule has 0 spiro atoms. The number of nitrogens with one attached hydrogen (secondary N) is 1. The number of thiophene rings is 1. The second kappa shape index (κ2) is 8.57. The number of H-pyrrole nitrogens is 1. The van der Waals surface area contributed by atoms with Gasteiger partial charge >= 0.3 is 0 Å². The molecule has 1 saturated carbocycles. The zero-order valence-corrected chi connectivity index (χ0v) is 18.5. The van der Waals surface area contributed by atoms with Crippen molar-refractivity contribution in [2.75, 3.05) is 19.6 Å². The molecule has 2 aromatic heterocycles. The van der Waals surface area contributed by atoms with Gasteiger partial charge in [-0.05, 0) is 37.1 Å². The highest BCUT2D eigenvalue weighted by Gasteiger charge is 2.33. The maximum Gasteiger partial charge on any atom is 0.264 e. The lowest BCUT2D eigenvalue weighted by Crippen LogP contribution is -2.43. The lowest BCUT2D eigenvalue weighted by atomic mass is 9.94. The minimum atomic E-state index is -0.150. The van der Waals surface area contributed by atoms with Crippen molar-refractivity contribution in [3.63, 3.8) is 0 Å². The molecule has 3 aliphatic rings. The van der Waals surface area contributed by atoms with Gasteiger partial charge in [-0.3, -0.25) is 14.4 Å². The van der Waals surface area contributed by atoms with E-state index in [2.05, 4.69) is 4.98 Å². The molecule has 0 unspecified atom stereocenters. The summed E-state index contributed by atoms with van der Waals surface area (Å²) in [4.78, 5) is 50.7. The van der Waals surface area contributed by atoms with Gasteiger partial charge in [-0.2, -0.15) is 0 Å². The molecule has 2 aromatic rings. The Bertz CT molecular complexity index is 1030. The largest absolute Gasteiger partial charge is 0.342 e. The van der Waals surface area contributed by atoms with Crippen LogP contribution < -0.4 is 5.56 Å². The van der Waals surface area contributed by atoms with E-state index in [0.29, 0.717) is 42.3 Å². The highest BCUT2D eigenvalue weighted by molar-refractivity contribution is 7.12. The second-order valence-corrected chi connectivity index (χ2v) is 9.88. The molecule has 1 saturated heterocycles. The van der Waals surface area contributed by atoms with Crippen LogP contribution in [0.1, 0.15) is 71.2 Å². The number of amides is 2. The average Bonchev–Trinajstić information content (AvgIpc) is 3.52. The Morgan fingerprint density at radius 2 is 1.94 bits per heavy atom. The van der Waals surface area contributed by atoms with Crippen LogP contribution >= 0.6 is 11.3 Å². The van der Waals surface area contributed by atoms with E-state index in [4.69, 9.17) is 4.98 Å². The quantitative estimate of drug-likeness (QED) is 0.795. The fourth-order valence-corrected chi connectivity index (χ4v) is 5.89. The van der Waals surface area contributed by atoms with Gasteiger partial charge in [-0.1, -0.05) is 18.9 Å². The molecule has 5 rings (SSSR count). The predicted molar refractivity (Wildman–Crippen MR) is 118 cm³/mol. The molecule has 1 N–H and O–H groups in total. The average molecular weight is 441 g/mol. The van der Waals surface area contributed by atoms with Crippen molar-refractivity contribution in [3.05, 3.63) is 49.8 Å². The molecule has 4 heterocycles. The van der Waals surface area contributed by atoms with Crippen LogP contribution in [0, 0.1) is 5.92 Å². The summed E-state index contributed by atoms with van der Waals surface area (Å²) in [6, 6.07) is 3.68. The van der Waals surface area contributed by atoms with Crippen molar-refractivity contribution in [2.24, 2.45) is 5.92 Å². The molecule has 0 bridgehead atoms. The number of likely N-dealkylation sites (tertiary alicyclic amines) is 1. The van der Waals surface area contributed by atoms with Crippen molar-refractivity contribution < 1.29 is 9.59 Å². The number of piperidine rings is 1. The van der Waals surface area contributed by atoms with Gasteiger partial charge in [0.2, 0.25) is 5.91 Å². The van der Waals surface area contributed by atoms with Gasteiger partial charge in [-0.25, -0.2) is 4.98 Å². The van der Waals surface area contributed by atoms with Gasteiger partial charge in [0.25, 0.3) is 11.5 Å². The first-order valence-corrected chi connectivity index (χ1v) is 12.2. The predicted octanol–water partition coefficient (Wildman–Crippen LogP) is 2.93. The number of hydrogen-bond donors (Lipinski definition) is 1. The normalized spacial score (nSPS) is 21.9. The van der Waals surface area contributed by atoms with Crippen molar-refractivity contribution in [2.45, 2.75) is 57.4 Å². The second-order valence-electron chi connectivity index (χ2n) is 8.94. The first-order chi connectivity index (χ1) is 15.1. The van der Waals surface area contributed by atoms with Crippen LogP contribution in [-0.2, 0) is 17.8 Å². The zero-order valence-electron chi connectivity index (χ0n) is 17.6. The molecule has 7 nitrogen and oxygen atoms in total. The number of aromatic amines is 1. The summed E-state index contributed by atoms with van der Waals surface area (Å²) in [6.45, 7) is 2.31. The van der Waals surface area contributed by atoms with Crippen LogP contribution in [0.5, 0.6) is 0 Å². The Labute approximate surface area is 185 Å². The molecule has 2 fully saturated rings. The highest BCUT2D eigenvalue weighted by Crippen LogP contribution is 2.31. The highest BCUT2D eigenvalue weighted by atomic mass is 32.1.